The summed E-state index contributed by atoms with van der Waals surface area (Å²) in [5, 5.41) is 9.51. The fourth-order valence-electron chi connectivity index (χ4n) is 1.14. The number of anilines is 1. The third kappa shape index (κ3) is 2.51. The van der Waals surface area contributed by atoms with Crippen LogP contribution in [0.3, 0.4) is 0 Å². The average Bonchev–Trinajstić information content (AvgIpc) is 2.26. The first-order valence-corrected chi connectivity index (χ1v) is 4.67. The molecule has 0 unspecified atom stereocenters. The SMILES string of the molecule is COc1c(O)ccc(C=O)c1NNC(N)=S. The summed E-state index contributed by atoms with van der Waals surface area (Å²) in [5.41, 5.74) is 10.8. The summed E-state index contributed by atoms with van der Waals surface area (Å²) in [5.74, 6) is 0.0358. The van der Waals surface area contributed by atoms with Crippen molar-refractivity contribution in [3.8, 4) is 11.5 Å². The van der Waals surface area contributed by atoms with Gasteiger partial charge in [-0.3, -0.25) is 15.6 Å². The van der Waals surface area contributed by atoms with E-state index in [9.17, 15) is 9.90 Å². The van der Waals surface area contributed by atoms with Gasteiger partial charge < -0.3 is 15.6 Å². The van der Waals surface area contributed by atoms with Crippen molar-refractivity contribution < 1.29 is 14.6 Å². The zero-order chi connectivity index (χ0) is 12.1. The van der Waals surface area contributed by atoms with Crippen LogP contribution in [0.25, 0.3) is 0 Å². The zero-order valence-electron chi connectivity index (χ0n) is 8.48. The Morgan fingerprint density at radius 2 is 2.31 bits per heavy atom. The number of hydrazine groups is 1. The Morgan fingerprint density at radius 3 is 2.81 bits per heavy atom. The van der Waals surface area contributed by atoms with Crippen molar-refractivity contribution in [2.24, 2.45) is 5.73 Å². The van der Waals surface area contributed by atoms with Crippen molar-refractivity contribution in [2.45, 2.75) is 0 Å². The van der Waals surface area contributed by atoms with E-state index in [-0.39, 0.29) is 22.3 Å². The number of ether oxygens (including phenoxy) is 1. The lowest BCUT2D eigenvalue weighted by atomic mass is 10.1. The van der Waals surface area contributed by atoms with Gasteiger partial charge in [-0.1, -0.05) is 0 Å². The van der Waals surface area contributed by atoms with Crippen LogP contribution in [0.5, 0.6) is 11.5 Å². The van der Waals surface area contributed by atoms with E-state index >= 15 is 0 Å². The molecule has 0 aliphatic rings. The molecule has 0 saturated carbocycles. The van der Waals surface area contributed by atoms with Gasteiger partial charge in [-0.25, -0.2) is 0 Å². The van der Waals surface area contributed by atoms with E-state index in [2.05, 4.69) is 23.1 Å². The second-order valence-electron chi connectivity index (χ2n) is 2.81. The van der Waals surface area contributed by atoms with Crippen LogP contribution in [-0.4, -0.2) is 23.6 Å². The molecular weight excluding hydrogens is 230 g/mol. The first kappa shape index (κ1) is 12.1. The number of hydrogen-bond acceptors (Lipinski definition) is 5. The molecule has 0 atom stereocenters. The Morgan fingerprint density at radius 1 is 1.62 bits per heavy atom. The van der Waals surface area contributed by atoms with Gasteiger partial charge >= 0.3 is 0 Å². The molecule has 0 amide bonds. The predicted octanol–water partition coefficient (Wildman–Crippen LogP) is 0.373. The van der Waals surface area contributed by atoms with E-state index in [0.717, 1.165) is 0 Å². The van der Waals surface area contributed by atoms with Gasteiger partial charge in [0.15, 0.2) is 22.9 Å². The van der Waals surface area contributed by atoms with Crippen LogP contribution in [0.2, 0.25) is 0 Å². The molecule has 1 aromatic carbocycles. The molecule has 0 fully saturated rings. The third-order valence-electron chi connectivity index (χ3n) is 1.81. The highest BCUT2D eigenvalue weighted by molar-refractivity contribution is 7.80. The van der Waals surface area contributed by atoms with Crippen LogP contribution >= 0.6 is 12.2 Å². The Kier molecular flexibility index (Phi) is 3.90. The Bertz CT molecular complexity index is 423. The summed E-state index contributed by atoms with van der Waals surface area (Å²) < 4.78 is 4.96. The number of nitrogens with two attached hydrogens (primary N) is 1. The molecule has 0 spiro atoms. The van der Waals surface area contributed by atoms with Crippen LogP contribution in [0.1, 0.15) is 10.4 Å². The van der Waals surface area contributed by atoms with Crippen LogP contribution < -0.4 is 21.3 Å². The Hall–Kier alpha value is -2.02. The van der Waals surface area contributed by atoms with E-state index in [1.807, 2.05) is 0 Å². The number of aldehydes is 1. The normalized spacial score (nSPS) is 9.31. The Balaban J connectivity index is 3.14. The number of rotatable bonds is 4. The number of benzene rings is 1. The fourth-order valence-corrected chi connectivity index (χ4v) is 1.20. The predicted molar refractivity (Wildman–Crippen MR) is 63.6 cm³/mol. The fraction of sp³-hybridized carbons (Fsp3) is 0.111. The second kappa shape index (κ2) is 5.17. The van der Waals surface area contributed by atoms with Gasteiger partial charge in [0.1, 0.15) is 5.69 Å². The highest BCUT2D eigenvalue weighted by Crippen LogP contribution is 2.35. The number of thiocarbonyl (C=S) groups is 1. The Labute approximate surface area is 97.4 Å². The summed E-state index contributed by atoms with van der Waals surface area (Å²) >= 11 is 4.60. The summed E-state index contributed by atoms with van der Waals surface area (Å²) in [6.45, 7) is 0. The van der Waals surface area contributed by atoms with Crippen LogP contribution in [0, 0.1) is 0 Å². The molecule has 0 saturated heterocycles. The minimum atomic E-state index is -0.0969. The number of aromatic hydroxyl groups is 1. The number of carbonyl (C=O) groups excluding carboxylic acids is 1. The van der Waals surface area contributed by atoms with E-state index in [4.69, 9.17) is 10.5 Å². The quantitative estimate of drug-likeness (QED) is 0.343. The lowest BCUT2D eigenvalue weighted by Gasteiger charge is -2.14. The highest BCUT2D eigenvalue weighted by Gasteiger charge is 2.13. The standard InChI is InChI=1S/C9H11N3O3S/c1-15-8-6(14)3-2-5(4-13)7(8)11-12-9(10)16/h2-4,11,14H,1H3,(H3,10,12,16). The first-order chi connectivity index (χ1) is 7.60. The molecule has 0 aliphatic carbocycles. The largest absolute Gasteiger partial charge is 0.504 e. The molecule has 0 aliphatic heterocycles. The average molecular weight is 241 g/mol. The van der Waals surface area contributed by atoms with Crippen molar-refractivity contribution in [3.05, 3.63) is 17.7 Å². The van der Waals surface area contributed by atoms with Crippen molar-refractivity contribution in [2.75, 3.05) is 12.5 Å². The van der Waals surface area contributed by atoms with Crippen LogP contribution in [0.4, 0.5) is 5.69 Å². The number of phenols is 1. The smallest absolute Gasteiger partial charge is 0.186 e. The van der Waals surface area contributed by atoms with Crippen molar-refractivity contribution >= 4 is 29.3 Å². The number of carbonyl (C=O) groups is 1. The maximum atomic E-state index is 10.8. The number of methoxy groups -OCH3 is 1. The monoisotopic (exact) mass is 241 g/mol. The molecule has 0 radical (unpaired) electrons. The topological polar surface area (TPSA) is 96.6 Å². The number of hydrogen-bond donors (Lipinski definition) is 4. The van der Waals surface area contributed by atoms with Gasteiger partial charge in [0.05, 0.1) is 7.11 Å². The van der Waals surface area contributed by atoms with Crippen molar-refractivity contribution in [1.82, 2.24) is 5.43 Å². The van der Waals surface area contributed by atoms with Gasteiger partial charge in [0.2, 0.25) is 0 Å². The minimum Gasteiger partial charge on any atom is -0.504 e. The van der Waals surface area contributed by atoms with Gasteiger partial charge in [0.25, 0.3) is 0 Å². The molecule has 16 heavy (non-hydrogen) atoms. The van der Waals surface area contributed by atoms with E-state index < -0.39 is 0 Å². The lowest BCUT2D eigenvalue weighted by molar-refractivity contribution is 0.112. The maximum absolute atomic E-state index is 10.8. The molecule has 1 aromatic rings. The molecule has 0 heterocycles. The summed E-state index contributed by atoms with van der Waals surface area (Å²) in [7, 11) is 1.37. The summed E-state index contributed by atoms with van der Waals surface area (Å²) in [6.07, 6.45) is 0.617. The summed E-state index contributed by atoms with van der Waals surface area (Å²) in [4.78, 5) is 10.8. The molecule has 1 rings (SSSR count). The van der Waals surface area contributed by atoms with E-state index in [1.165, 1.54) is 19.2 Å². The van der Waals surface area contributed by atoms with Gasteiger partial charge in [-0.2, -0.15) is 0 Å². The summed E-state index contributed by atoms with van der Waals surface area (Å²) in [6, 6.07) is 2.79. The minimum absolute atomic E-state index is 0.00208. The van der Waals surface area contributed by atoms with Gasteiger partial charge in [-0.05, 0) is 24.4 Å². The maximum Gasteiger partial charge on any atom is 0.186 e. The zero-order valence-corrected chi connectivity index (χ0v) is 9.30. The molecule has 5 N–H and O–H groups in total. The molecular formula is C9H11N3O3S. The third-order valence-corrected chi connectivity index (χ3v) is 1.91. The molecule has 0 aromatic heterocycles. The van der Waals surface area contributed by atoms with Gasteiger partial charge in [0, 0.05) is 5.56 Å². The molecule has 7 heteroatoms. The van der Waals surface area contributed by atoms with Crippen molar-refractivity contribution in [1.29, 1.82) is 0 Å². The van der Waals surface area contributed by atoms with Crippen molar-refractivity contribution in [3.63, 3.8) is 0 Å². The first-order valence-electron chi connectivity index (χ1n) is 4.26. The van der Waals surface area contributed by atoms with E-state index in [1.54, 1.807) is 0 Å². The lowest BCUT2D eigenvalue weighted by Crippen LogP contribution is -2.34. The van der Waals surface area contributed by atoms with Gasteiger partial charge in [-0.15, -0.1) is 0 Å². The van der Waals surface area contributed by atoms with Crippen LogP contribution in [0.15, 0.2) is 12.1 Å². The molecule has 0 bridgehead atoms. The molecule has 86 valence electrons. The van der Waals surface area contributed by atoms with E-state index in [0.29, 0.717) is 11.8 Å². The highest BCUT2D eigenvalue weighted by atomic mass is 32.1. The number of nitrogens with one attached hydrogen (secondary N) is 2. The second-order valence-corrected chi connectivity index (χ2v) is 3.25. The van der Waals surface area contributed by atoms with Crippen LogP contribution in [-0.2, 0) is 0 Å². The molecule has 6 nitrogen and oxygen atoms in total. The number of phenolic OH excluding ortho intramolecular Hbond substituents is 1.